The lowest BCUT2D eigenvalue weighted by molar-refractivity contribution is 0.0767. The molecule has 1 amide bonds. The highest BCUT2D eigenvalue weighted by Crippen LogP contribution is 2.19. The summed E-state index contributed by atoms with van der Waals surface area (Å²) in [6.07, 6.45) is 2.63. The van der Waals surface area contributed by atoms with Crippen LogP contribution in [0.4, 0.5) is 4.39 Å². The summed E-state index contributed by atoms with van der Waals surface area (Å²) < 4.78 is 15.3. The van der Waals surface area contributed by atoms with Crippen molar-refractivity contribution >= 4 is 18.3 Å². The molecule has 0 spiro atoms. The van der Waals surface area contributed by atoms with Crippen LogP contribution < -0.4 is 5.32 Å². The number of piperazine rings is 1. The van der Waals surface area contributed by atoms with Crippen LogP contribution in [0, 0.1) is 5.82 Å². The quantitative estimate of drug-likeness (QED) is 0.879. The lowest BCUT2D eigenvalue weighted by Crippen LogP contribution is -2.49. The molecule has 1 atom stereocenters. The normalized spacial score (nSPS) is 20.8. The summed E-state index contributed by atoms with van der Waals surface area (Å²) in [6.45, 7) is 5.59. The van der Waals surface area contributed by atoms with Crippen LogP contribution in [0.5, 0.6) is 0 Å². The fraction of sp³-hybridized carbons (Fsp3) is 0.444. The standard InChI is InChI=1S/C18H22FN5O.ClH/c19-15-3-1-2-4-17(15)24-10-6-16(21-24)18(25)23-9-5-14(13-23)22-11-7-20-8-12-22;/h1-4,6,10,14,20H,5,7-9,11-13H2;1H. The van der Waals surface area contributed by atoms with Gasteiger partial charge in [-0.05, 0) is 24.6 Å². The van der Waals surface area contributed by atoms with Gasteiger partial charge >= 0.3 is 0 Å². The molecule has 0 aliphatic carbocycles. The number of para-hydroxylation sites is 1. The van der Waals surface area contributed by atoms with Gasteiger partial charge in [0.1, 0.15) is 11.5 Å². The molecule has 4 rings (SSSR count). The Balaban J connectivity index is 0.00000196. The molecule has 2 aliphatic heterocycles. The highest BCUT2D eigenvalue weighted by Gasteiger charge is 2.32. The predicted molar refractivity (Wildman–Crippen MR) is 99.5 cm³/mol. The van der Waals surface area contributed by atoms with E-state index in [1.807, 2.05) is 4.90 Å². The third-order valence-corrected chi connectivity index (χ3v) is 5.03. The largest absolute Gasteiger partial charge is 0.336 e. The topological polar surface area (TPSA) is 53.4 Å². The van der Waals surface area contributed by atoms with Crippen LogP contribution in [0.25, 0.3) is 5.69 Å². The minimum atomic E-state index is -0.357. The molecule has 0 saturated carbocycles. The zero-order chi connectivity index (χ0) is 17.2. The van der Waals surface area contributed by atoms with Crippen LogP contribution in [-0.4, -0.2) is 70.8 Å². The Hall–Kier alpha value is -1.96. The van der Waals surface area contributed by atoms with Gasteiger partial charge in [-0.3, -0.25) is 9.69 Å². The molecule has 3 heterocycles. The number of rotatable bonds is 3. The molecule has 6 nitrogen and oxygen atoms in total. The van der Waals surface area contributed by atoms with Gasteiger partial charge in [0.15, 0.2) is 5.69 Å². The van der Waals surface area contributed by atoms with Crippen molar-refractivity contribution in [1.29, 1.82) is 0 Å². The summed E-state index contributed by atoms with van der Waals surface area (Å²) in [7, 11) is 0. The molecule has 2 fully saturated rings. The maximum Gasteiger partial charge on any atom is 0.274 e. The first-order valence-corrected chi connectivity index (χ1v) is 8.77. The van der Waals surface area contributed by atoms with E-state index >= 15 is 0 Å². The van der Waals surface area contributed by atoms with Gasteiger partial charge < -0.3 is 10.2 Å². The first-order valence-electron chi connectivity index (χ1n) is 8.77. The number of nitrogens with zero attached hydrogens (tertiary/aromatic N) is 4. The van der Waals surface area contributed by atoms with Crippen LogP contribution in [0.2, 0.25) is 0 Å². The van der Waals surface area contributed by atoms with Gasteiger partial charge in [0, 0.05) is 51.5 Å². The maximum atomic E-state index is 13.9. The van der Waals surface area contributed by atoms with E-state index in [1.54, 1.807) is 30.5 Å². The number of amides is 1. The zero-order valence-corrected chi connectivity index (χ0v) is 15.3. The van der Waals surface area contributed by atoms with Crippen LogP contribution in [0.3, 0.4) is 0 Å². The number of aromatic nitrogens is 2. The van der Waals surface area contributed by atoms with Crippen molar-refractivity contribution in [2.45, 2.75) is 12.5 Å². The molecule has 1 aromatic carbocycles. The SMILES string of the molecule is Cl.O=C(c1ccn(-c2ccccc2F)n1)N1CCC(N2CCNCC2)C1. The molecule has 26 heavy (non-hydrogen) atoms. The van der Waals surface area contributed by atoms with Crippen molar-refractivity contribution < 1.29 is 9.18 Å². The molecule has 2 saturated heterocycles. The predicted octanol–water partition coefficient (Wildman–Crippen LogP) is 1.55. The molecule has 8 heteroatoms. The van der Waals surface area contributed by atoms with Crippen LogP contribution >= 0.6 is 12.4 Å². The summed E-state index contributed by atoms with van der Waals surface area (Å²) in [5.74, 6) is -0.433. The second kappa shape index (κ2) is 8.16. The monoisotopic (exact) mass is 379 g/mol. The van der Waals surface area contributed by atoms with Gasteiger partial charge in [-0.25, -0.2) is 9.07 Å². The van der Waals surface area contributed by atoms with E-state index < -0.39 is 0 Å². The summed E-state index contributed by atoms with van der Waals surface area (Å²) >= 11 is 0. The van der Waals surface area contributed by atoms with E-state index in [9.17, 15) is 9.18 Å². The van der Waals surface area contributed by atoms with Gasteiger partial charge in [0.05, 0.1) is 0 Å². The first kappa shape index (κ1) is 18.8. The number of carbonyl (C=O) groups excluding carboxylic acids is 1. The Kier molecular flexibility index (Phi) is 5.90. The smallest absolute Gasteiger partial charge is 0.274 e. The van der Waals surface area contributed by atoms with Crippen molar-refractivity contribution in [3.05, 3.63) is 48.0 Å². The lowest BCUT2D eigenvalue weighted by atomic mass is 10.2. The molecule has 1 N–H and O–H groups in total. The Morgan fingerprint density at radius 3 is 2.69 bits per heavy atom. The molecule has 2 aliphatic rings. The lowest BCUT2D eigenvalue weighted by Gasteiger charge is -2.32. The fourth-order valence-corrected chi connectivity index (χ4v) is 3.64. The Morgan fingerprint density at radius 1 is 1.15 bits per heavy atom. The number of carbonyl (C=O) groups is 1. The Morgan fingerprint density at radius 2 is 1.92 bits per heavy atom. The molecule has 140 valence electrons. The van der Waals surface area contributed by atoms with Gasteiger partial charge in [0.25, 0.3) is 5.91 Å². The van der Waals surface area contributed by atoms with Crippen molar-refractivity contribution in [2.75, 3.05) is 39.3 Å². The molecular weight excluding hydrogens is 357 g/mol. The van der Waals surface area contributed by atoms with E-state index in [0.717, 1.165) is 45.7 Å². The Bertz CT molecular complexity index is 762. The number of hydrogen-bond acceptors (Lipinski definition) is 4. The van der Waals surface area contributed by atoms with Crippen LogP contribution in [0.15, 0.2) is 36.5 Å². The number of hydrogen-bond donors (Lipinski definition) is 1. The first-order chi connectivity index (χ1) is 12.2. The van der Waals surface area contributed by atoms with Crippen LogP contribution in [0.1, 0.15) is 16.9 Å². The van der Waals surface area contributed by atoms with Crippen molar-refractivity contribution in [3.63, 3.8) is 0 Å². The van der Waals surface area contributed by atoms with Gasteiger partial charge in [-0.1, -0.05) is 12.1 Å². The average Bonchev–Trinajstić information content (AvgIpc) is 3.32. The third kappa shape index (κ3) is 3.75. The maximum absolute atomic E-state index is 13.9. The van der Waals surface area contributed by atoms with E-state index in [1.165, 1.54) is 10.7 Å². The molecule has 1 unspecified atom stereocenters. The molecule has 1 aromatic heterocycles. The summed E-state index contributed by atoms with van der Waals surface area (Å²) in [5, 5.41) is 7.64. The number of likely N-dealkylation sites (tertiary alicyclic amines) is 1. The van der Waals surface area contributed by atoms with E-state index in [4.69, 9.17) is 0 Å². The minimum absolute atomic E-state index is 0. The number of halogens is 2. The van der Waals surface area contributed by atoms with E-state index in [2.05, 4.69) is 15.3 Å². The van der Waals surface area contributed by atoms with Gasteiger partial charge in [-0.15, -0.1) is 12.4 Å². The molecule has 0 bridgehead atoms. The molecular formula is C18H23ClFN5O. The molecule has 0 radical (unpaired) electrons. The number of nitrogens with one attached hydrogen (secondary N) is 1. The third-order valence-electron chi connectivity index (χ3n) is 5.03. The highest BCUT2D eigenvalue weighted by atomic mass is 35.5. The van der Waals surface area contributed by atoms with Crippen molar-refractivity contribution in [1.82, 2.24) is 24.9 Å². The summed E-state index contributed by atoms with van der Waals surface area (Å²) in [4.78, 5) is 17.1. The Labute approximate surface area is 158 Å². The second-order valence-electron chi connectivity index (χ2n) is 6.58. The van der Waals surface area contributed by atoms with Gasteiger partial charge in [0.2, 0.25) is 0 Å². The average molecular weight is 380 g/mol. The van der Waals surface area contributed by atoms with Crippen LogP contribution in [-0.2, 0) is 0 Å². The van der Waals surface area contributed by atoms with E-state index in [0.29, 0.717) is 17.4 Å². The number of benzene rings is 1. The summed E-state index contributed by atoms with van der Waals surface area (Å²) in [6, 6.07) is 8.51. The highest BCUT2D eigenvalue weighted by molar-refractivity contribution is 5.92. The fourth-order valence-electron chi connectivity index (χ4n) is 3.64. The van der Waals surface area contributed by atoms with Crippen molar-refractivity contribution in [3.8, 4) is 5.69 Å². The summed E-state index contributed by atoms with van der Waals surface area (Å²) in [5.41, 5.74) is 0.714. The minimum Gasteiger partial charge on any atom is -0.336 e. The molecule has 2 aromatic rings. The zero-order valence-electron chi connectivity index (χ0n) is 14.5. The van der Waals surface area contributed by atoms with Crippen molar-refractivity contribution in [2.24, 2.45) is 0 Å². The second-order valence-corrected chi connectivity index (χ2v) is 6.58. The van der Waals surface area contributed by atoms with E-state index in [-0.39, 0.29) is 24.1 Å². The van der Waals surface area contributed by atoms with Gasteiger partial charge in [-0.2, -0.15) is 5.10 Å².